The van der Waals surface area contributed by atoms with Gasteiger partial charge in [0.25, 0.3) is 0 Å². The fraction of sp³-hybridized carbons (Fsp3) is 0.278. The van der Waals surface area contributed by atoms with Gasteiger partial charge in [-0.25, -0.2) is 0 Å². The molecule has 116 valence electrons. The van der Waals surface area contributed by atoms with Gasteiger partial charge in [0.2, 0.25) is 5.91 Å². The zero-order valence-electron chi connectivity index (χ0n) is 12.8. The van der Waals surface area contributed by atoms with Crippen LogP contribution in [0.2, 0.25) is 5.02 Å². The summed E-state index contributed by atoms with van der Waals surface area (Å²) >= 11 is 5.97. The van der Waals surface area contributed by atoms with E-state index in [0.717, 1.165) is 16.9 Å². The highest BCUT2D eigenvalue weighted by atomic mass is 35.5. The number of ether oxygens (including phenoxy) is 1. The summed E-state index contributed by atoms with van der Waals surface area (Å²) in [5.74, 6) is 0.801. The first kappa shape index (κ1) is 16.4. The van der Waals surface area contributed by atoms with Gasteiger partial charge in [0.1, 0.15) is 5.75 Å². The van der Waals surface area contributed by atoms with E-state index >= 15 is 0 Å². The van der Waals surface area contributed by atoms with Crippen molar-refractivity contribution in [2.24, 2.45) is 0 Å². The maximum absolute atomic E-state index is 12.1. The number of hydrogen-bond acceptors (Lipinski definition) is 2. The Hall–Kier alpha value is -2.00. The van der Waals surface area contributed by atoms with Crippen molar-refractivity contribution < 1.29 is 9.53 Å². The molecule has 1 N–H and O–H groups in total. The average Bonchev–Trinajstić information content (AvgIpc) is 2.49. The largest absolute Gasteiger partial charge is 0.494 e. The van der Waals surface area contributed by atoms with Crippen molar-refractivity contribution in [3.8, 4) is 5.75 Å². The van der Waals surface area contributed by atoms with Crippen molar-refractivity contribution >= 4 is 17.5 Å². The molecule has 22 heavy (non-hydrogen) atoms. The van der Waals surface area contributed by atoms with Gasteiger partial charge in [-0.1, -0.05) is 35.9 Å². The van der Waals surface area contributed by atoms with E-state index in [1.165, 1.54) is 0 Å². The summed E-state index contributed by atoms with van der Waals surface area (Å²) in [6.07, 6.45) is 0.345. The molecule has 2 rings (SSSR count). The first-order chi connectivity index (χ1) is 10.6. The number of nitrogens with one attached hydrogen (secondary N) is 1. The van der Waals surface area contributed by atoms with E-state index < -0.39 is 0 Å². The van der Waals surface area contributed by atoms with Gasteiger partial charge >= 0.3 is 0 Å². The number of carbonyl (C=O) groups excluding carboxylic acids is 1. The molecule has 4 heteroatoms. The van der Waals surface area contributed by atoms with Crippen LogP contribution in [0.3, 0.4) is 0 Å². The lowest BCUT2D eigenvalue weighted by atomic mass is 10.1. The van der Waals surface area contributed by atoms with Crippen LogP contribution in [0.4, 0.5) is 0 Å². The lowest BCUT2D eigenvalue weighted by molar-refractivity contribution is -0.121. The Bertz CT molecular complexity index is 625. The third-order valence-corrected chi connectivity index (χ3v) is 3.56. The van der Waals surface area contributed by atoms with Crippen LogP contribution in [0.5, 0.6) is 5.75 Å². The van der Waals surface area contributed by atoms with Gasteiger partial charge in [0.15, 0.2) is 0 Å². The second-order valence-corrected chi connectivity index (χ2v) is 5.53. The summed E-state index contributed by atoms with van der Waals surface area (Å²) in [4.78, 5) is 12.1. The smallest absolute Gasteiger partial charge is 0.224 e. The molecule has 0 saturated heterocycles. The number of carbonyl (C=O) groups is 1. The number of hydrogen-bond donors (Lipinski definition) is 1. The van der Waals surface area contributed by atoms with Crippen molar-refractivity contribution in [2.45, 2.75) is 26.3 Å². The van der Waals surface area contributed by atoms with E-state index in [1.54, 1.807) is 0 Å². The molecule has 0 aliphatic carbocycles. The third kappa shape index (κ3) is 4.78. The summed E-state index contributed by atoms with van der Waals surface area (Å²) in [5, 5.41) is 3.65. The summed E-state index contributed by atoms with van der Waals surface area (Å²) in [6.45, 7) is 4.53. The van der Waals surface area contributed by atoms with Gasteiger partial charge in [0.05, 0.1) is 19.1 Å². The molecule has 0 radical (unpaired) electrons. The summed E-state index contributed by atoms with van der Waals surface area (Å²) in [7, 11) is 0. The maximum atomic E-state index is 12.1. The number of benzene rings is 2. The molecule has 0 bridgehead atoms. The van der Waals surface area contributed by atoms with Crippen LogP contribution < -0.4 is 10.1 Å². The molecule has 1 amide bonds. The minimum atomic E-state index is -0.0751. The Morgan fingerprint density at radius 1 is 1.23 bits per heavy atom. The number of rotatable bonds is 6. The SMILES string of the molecule is CCOc1ccc(CC(=O)N[C@H](C)c2cccc(Cl)c2)cc1. The zero-order chi connectivity index (χ0) is 15.9. The molecule has 3 nitrogen and oxygen atoms in total. The van der Waals surface area contributed by atoms with E-state index in [-0.39, 0.29) is 11.9 Å². The van der Waals surface area contributed by atoms with E-state index in [2.05, 4.69) is 5.32 Å². The molecule has 0 aromatic heterocycles. The lowest BCUT2D eigenvalue weighted by Crippen LogP contribution is -2.28. The van der Waals surface area contributed by atoms with E-state index in [1.807, 2.05) is 62.4 Å². The Labute approximate surface area is 136 Å². The molecule has 0 unspecified atom stereocenters. The summed E-state index contributed by atoms with van der Waals surface area (Å²) in [6, 6.07) is 15.0. The van der Waals surface area contributed by atoms with Crippen molar-refractivity contribution in [2.75, 3.05) is 6.61 Å². The fourth-order valence-corrected chi connectivity index (χ4v) is 2.41. The normalized spacial score (nSPS) is 11.8. The van der Waals surface area contributed by atoms with Crippen LogP contribution in [-0.2, 0) is 11.2 Å². The van der Waals surface area contributed by atoms with Gasteiger partial charge in [-0.3, -0.25) is 4.79 Å². The second kappa shape index (κ2) is 7.85. The van der Waals surface area contributed by atoms with Crippen LogP contribution in [0, 0.1) is 0 Å². The number of halogens is 1. The van der Waals surface area contributed by atoms with E-state index in [0.29, 0.717) is 18.1 Å². The fourth-order valence-electron chi connectivity index (χ4n) is 2.21. The van der Waals surface area contributed by atoms with Crippen LogP contribution >= 0.6 is 11.6 Å². The molecular weight excluding hydrogens is 298 g/mol. The average molecular weight is 318 g/mol. The molecule has 0 aliphatic rings. The van der Waals surface area contributed by atoms with Crippen molar-refractivity contribution in [3.05, 3.63) is 64.7 Å². The highest BCUT2D eigenvalue weighted by Gasteiger charge is 2.10. The molecule has 0 fully saturated rings. The van der Waals surface area contributed by atoms with Crippen LogP contribution in [0.1, 0.15) is 31.0 Å². The second-order valence-electron chi connectivity index (χ2n) is 5.10. The van der Waals surface area contributed by atoms with E-state index in [9.17, 15) is 4.79 Å². The van der Waals surface area contributed by atoms with Crippen molar-refractivity contribution in [3.63, 3.8) is 0 Å². The molecule has 2 aromatic carbocycles. The Balaban J connectivity index is 1.92. The highest BCUT2D eigenvalue weighted by Crippen LogP contribution is 2.18. The summed E-state index contributed by atoms with van der Waals surface area (Å²) in [5.41, 5.74) is 1.95. The van der Waals surface area contributed by atoms with Crippen molar-refractivity contribution in [1.82, 2.24) is 5.32 Å². The monoisotopic (exact) mass is 317 g/mol. The van der Waals surface area contributed by atoms with Gasteiger partial charge < -0.3 is 10.1 Å². The zero-order valence-corrected chi connectivity index (χ0v) is 13.6. The Morgan fingerprint density at radius 3 is 2.59 bits per heavy atom. The first-order valence-corrected chi connectivity index (χ1v) is 7.73. The van der Waals surface area contributed by atoms with Gasteiger partial charge in [0, 0.05) is 5.02 Å². The summed E-state index contributed by atoms with van der Waals surface area (Å²) < 4.78 is 5.39. The van der Waals surface area contributed by atoms with Crippen LogP contribution in [-0.4, -0.2) is 12.5 Å². The van der Waals surface area contributed by atoms with Gasteiger partial charge in [-0.05, 0) is 49.2 Å². The van der Waals surface area contributed by atoms with E-state index in [4.69, 9.17) is 16.3 Å². The van der Waals surface area contributed by atoms with Crippen LogP contribution in [0.15, 0.2) is 48.5 Å². The molecule has 1 atom stereocenters. The topological polar surface area (TPSA) is 38.3 Å². The van der Waals surface area contributed by atoms with Gasteiger partial charge in [-0.15, -0.1) is 0 Å². The molecule has 0 saturated carbocycles. The molecule has 0 heterocycles. The molecular formula is C18H20ClNO2. The Morgan fingerprint density at radius 2 is 1.95 bits per heavy atom. The molecule has 0 aliphatic heterocycles. The predicted molar refractivity (Wildman–Crippen MR) is 89.3 cm³/mol. The quantitative estimate of drug-likeness (QED) is 0.868. The first-order valence-electron chi connectivity index (χ1n) is 7.35. The van der Waals surface area contributed by atoms with Crippen LogP contribution in [0.25, 0.3) is 0 Å². The van der Waals surface area contributed by atoms with Gasteiger partial charge in [-0.2, -0.15) is 0 Å². The lowest BCUT2D eigenvalue weighted by Gasteiger charge is -2.14. The maximum Gasteiger partial charge on any atom is 0.224 e. The standard InChI is InChI=1S/C18H20ClNO2/c1-3-22-17-9-7-14(8-10-17)11-18(21)20-13(2)15-5-4-6-16(19)12-15/h4-10,12-13H,3,11H2,1-2H3,(H,20,21)/t13-/m1/s1. The van der Waals surface area contributed by atoms with Crippen molar-refractivity contribution in [1.29, 1.82) is 0 Å². The molecule has 2 aromatic rings. The third-order valence-electron chi connectivity index (χ3n) is 3.33. The highest BCUT2D eigenvalue weighted by molar-refractivity contribution is 6.30. The number of amides is 1. The minimum Gasteiger partial charge on any atom is -0.494 e. The predicted octanol–water partition coefficient (Wildman–Crippen LogP) is 4.16. The minimum absolute atomic E-state index is 0.0170. The Kier molecular flexibility index (Phi) is 5.84. The molecule has 0 spiro atoms.